The van der Waals surface area contributed by atoms with Gasteiger partial charge in [0.05, 0.1) is 13.7 Å². The Labute approximate surface area is 107 Å². The number of nitrogens with zero attached hydrogens (tertiary/aromatic N) is 1. The van der Waals surface area contributed by atoms with Gasteiger partial charge in [0, 0.05) is 35.8 Å². The summed E-state index contributed by atoms with van der Waals surface area (Å²) in [4.78, 5) is 4.38. The summed E-state index contributed by atoms with van der Waals surface area (Å²) in [5.41, 5.74) is 2.02. The predicted octanol–water partition coefficient (Wildman–Crippen LogP) is 2.61. The Kier molecular flexibility index (Phi) is 3.99. The number of ether oxygens (including phenoxy) is 2. The van der Waals surface area contributed by atoms with Crippen molar-refractivity contribution >= 4 is 16.5 Å². The Morgan fingerprint density at radius 3 is 2.78 bits per heavy atom. The SMILES string of the molecule is COCCNc1cccc2c(OC)nc(C)cc12. The molecule has 1 heterocycles. The first-order valence-corrected chi connectivity index (χ1v) is 5.93. The average molecular weight is 246 g/mol. The molecule has 0 bridgehead atoms. The number of rotatable bonds is 5. The van der Waals surface area contributed by atoms with E-state index in [9.17, 15) is 0 Å². The number of aryl methyl sites for hydroxylation is 1. The first kappa shape index (κ1) is 12.6. The lowest BCUT2D eigenvalue weighted by Gasteiger charge is -2.12. The van der Waals surface area contributed by atoms with Crippen molar-refractivity contribution in [3.63, 3.8) is 0 Å². The van der Waals surface area contributed by atoms with Crippen molar-refractivity contribution in [2.45, 2.75) is 6.92 Å². The molecule has 2 rings (SSSR count). The second-order valence-electron chi connectivity index (χ2n) is 4.09. The Bertz CT molecular complexity index is 541. The molecule has 0 aliphatic rings. The van der Waals surface area contributed by atoms with Crippen LogP contribution >= 0.6 is 0 Å². The normalized spacial score (nSPS) is 10.6. The van der Waals surface area contributed by atoms with Crippen molar-refractivity contribution in [1.29, 1.82) is 0 Å². The van der Waals surface area contributed by atoms with Crippen LogP contribution in [0.25, 0.3) is 10.8 Å². The van der Waals surface area contributed by atoms with Crippen LogP contribution in [0.15, 0.2) is 24.3 Å². The molecule has 0 aliphatic carbocycles. The number of anilines is 1. The zero-order valence-corrected chi connectivity index (χ0v) is 11.0. The van der Waals surface area contributed by atoms with Gasteiger partial charge in [0.1, 0.15) is 0 Å². The molecule has 0 spiro atoms. The second-order valence-corrected chi connectivity index (χ2v) is 4.09. The van der Waals surface area contributed by atoms with Gasteiger partial charge in [0.25, 0.3) is 0 Å². The molecule has 1 aromatic heterocycles. The molecular weight excluding hydrogens is 228 g/mol. The van der Waals surface area contributed by atoms with E-state index in [0.29, 0.717) is 12.5 Å². The summed E-state index contributed by atoms with van der Waals surface area (Å²) >= 11 is 0. The highest BCUT2D eigenvalue weighted by Gasteiger charge is 2.07. The molecule has 0 aliphatic heterocycles. The summed E-state index contributed by atoms with van der Waals surface area (Å²) in [5, 5.41) is 5.50. The first-order chi connectivity index (χ1) is 8.76. The summed E-state index contributed by atoms with van der Waals surface area (Å²) in [6.07, 6.45) is 0. The van der Waals surface area contributed by atoms with Crippen molar-refractivity contribution < 1.29 is 9.47 Å². The predicted molar refractivity (Wildman–Crippen MR) is 73.4 cm³/mol. The Morgan fingerprint density at radius 2 is 2.06 bits per heavy atom. The number of fused-ring (bicyclic) bond motifs is 1. The minimum atomic E-state index is 0.667. The van der Waals surface area contributed by atoms with E-state index >= 15 is 0 Å². The van der Waals surface area contributed by atoms with E-state index < -0.39 is 0 Å². The van der Waals surface area contributed by atoms with Crippen molar-refractivity contribution in [3.8, 4) is 5.88 Å². The maximum Gasteiger partial charge on any atom is 0.221 e. The van der Waals surface area contributed by atoms with Crippen molar-refractivity contribution in [3.05, 3.63) is 30.0 Å². The first-order valence-electron chi connectivity index (χ1n) is 5.93. The quantitative estimate of drug-likeness (QED) is 0.824. The third-order valence-electron chi connectivity index (χ3n) is 2.78. The van der Waals surface area contributed by atoms with Crippen LogP contribution in [0, 0.1) is 6.92 Å². The number of methoxy groups -OCH3 is 2. The molecule has 4 heteroatoms. The summed E-state index contributed by atoms with van der Waals surface area (Å²) in [6.45, 7) is 3.42. The van der Waals surface area contributed by atoms with Gasteiger partial charge in [0.2, 0.25) is 5.88 Å². The lowest BCUT2D eigenvalue weighted by molar-refractivity contribution is 0.211. The minimum Gasteiger partial charge on any atom is -0.481 e. The third-order valence-corrected chi connectivity index (χ3v) is 2.78. The average Bonchev–Trinajstić information content (AvgIpc) is 2.38. The third kappa shape index (κ3) is 2.54. The van der Waals surface area contributed by atoms with Crippen LogP contribution in [0.5, 0.6) is 5.88 Å². The maximum absolute atomic E-state index is 5.33. The van der Waals surface area contributed by atoms with Crippen LogP contribution in [0.4, 0.5) is 5.69 Å². The second kappa shape index (κ2) is 5.69. The topological polar surface area (TPSA) is 43.4 Å². The zero-order valence-electron chi connectivity index (χ0n) is 11.0. The lowest BCUT2D eigenvalue weighted by Crippen LogP contribution is -2.08. The summed E-state index contributed by atoms with van der Waals surface area (Å²) < 4.78 is 10.4. The number of hydrogen-bond donors (Lipinski definition) is 1. The molecule has 0 unspecified atom stereocenters. The van der Waals surface area contributed by atoms with Crippen LogP contribution in [0.3, 0.4) is 0 Å². The highest BCUT2D eigenvalue weighted by Crippen LogP contribution is 2.29. The van der Waals surface area contributed by atoms with Gasteiger partial charge < -0.3 is 14.8 Å². The van der Waals surface area contributed by atoms with Gasteiger partial charge in [-0.3, -0.25) is 0 Å². The van der Waals surface area contributed by atoms with Crippen molar-refractivity contribution in [2.24, 2.45) is 0 Å². The number of hydrogen-bond acceptors (Lipinski definition) is 4. The van der Waals surface area contributed by atoms with Crippen LogP contribution < -0.4 is 10.1 Å². The Balaban J connectivity index is 2.44. The molecule has 4 nitrogen and oxygen atoms in total. The van der Waals surface area contributed by atoms with Gasteiger partial charge in [-0.15, -0.1) is 0 Å². The van der Waals surface area contributed by atoms with E-state index in [1.54, 1.807) is 14.2 Å². The number of benzene rings is 1. The van der Waals surface area contributed by atoms with Crippen molar-refractivity contribution in [2.75, 3.05) is 32.7 Å². The van der Waals surface area contributed by atoms with Gasteiger partial charge in [-0.2, -0.15) is 0 Å². The van der Waals surface area contributed by atoms with E-state index in [1.807, 2.05) is 19.1 Å². The number of pyridine rings is 1. The minimum absolute atomic E-state index is 0.667. The molecule has 0 amide bonds. The molecule has 0 saturated heterocycles. The highest BCUT2D eigenvalue weighted by atomic mass is 16.5. The molecule has 1 aromatic carbocycles. The van der Waals surface area contributed by atoms with E-state index in [0.717, 1.165) is 28.7 Å². The van der Waals surface area contributed by atoms with Crippen LogP contribution in [-0.2, 0) is 4.74 Å². The van der Waals surface area contributed by atoms with E-state index in [4.69, 9.17) is 9.47 Å². The van der Waals surface area contributed by atoms with E-state index in [2.05, 4.69) is 22.4 Å². The van der Waals surface area contributed by atoms with Gasteiger partial charge in [-0.05, 0) is 25.1 Å². The molecule has 0 atom stereocenters. The van der Waals surface area contributed by atoms with Crippen LogP contribution in [0.2, 0.25) is 0 Å². The number of aromatic nitrogens is 1. The molecule has 0 fully saturated rings. The Hall–Kier alpha value is -1.81. The molecule has 2 aromatic rings. The summed E-state index contributed by atoms with van der Waals surface area (Å²) in [5.74, 6) is 0.667. The molecule has 1 N–H and O–H groups in total. The maximum atomic E-state index is 5.33. The standard InChI is InChI=1S/C14H18N2O2/c1-10-9-12-11(14(16-10)18-3)5-4-6-13(12)15-7-8-17-2/h4-6,9,15H,7-8H2,1-3H3. The van der Waals surface area contributed by atoms with Gasteiger partial charge in [0.15, 0.2) is 0 Å². The summed E-state index contributed by atoms with van der Waals surface area (Å²) in [7, 11) is 3.34. The van der Waals surface area contributed by atoms with Gasteiger partial charge in [-0.25, -0.2) is 4.98 Å². The van der Waals surface area contributed by atoms with Crippen molar-refractivity contribution in [1.82, 2.24) is 4.98 Å². The number of nitrogens with one attached hydrogen (secondary N) is 1. The van der Waals surface area contributed by atoms with E-state index in [1.165, 1.54) is 0 Å². The zero-order chi connectivity index (χ0) is 13.0. The molecule has 0 radical (unpaired) electrons. The molecular formula is C14H18N2O2. The highest BCUT2D eigenvalue weighted by molar-refractivity contribution is 5.97. The molecule has 0 saturated carbocycles. The summed E-state index contributed by atoms with van der Waals surface area (Å²) in [6, 6.07) is 8.13. The molecule has 96 valence electrons. The van der Waals surface area contributed by atoms with Gasteiger partial charge in [-0.1, -0.05) is 6.07 Å². The fourth-order valence-electron chi connectivity index (χ4n) is 1.97. The van der Waals surface area contributed by atoms with E-state index in [-0.39, 0.29) is 0 Å². The smallest absolute Gasteiger partial charge is 0.221 e. The Morgan fingerprint density at radius 1 is 1.22 bits per heavy atom. The largest absolute Gasteiger partial charge is 0.481 e. The van der Waals surface area contributed by atoms with Crippen LogP contribution in [0.1, 0.15) is 5.69 Å². The fraction of sp³-hybridized carbons (Fsp3) is 0.357. The van der Waals surface area contributed by atoms with Gasteiger partial charge >= 0.3 is 0 Å². The monoisotopic (exact) mass is 246 g/mol. The lowest BCUT2D eigenvalue weighted by atomic mass is 10.1. The van der Waals surface area contributed by atoms with Crippen LogP contribution in [-0.4, -0.2) is 32.4 Å². The molecule has 18 heavy (non-hydrogen) atoms. The fourth-order valence-corrected chi connectivity index (χ4v) is 1.97.